The number of rotatable bonds is 3. The van der Waals surface area contributed by atoms with Gasteiger partial charge in [-0.25, -0.2) is 0 Å². The molecular weight excluding hydrogens is 170 g/mol. The Labute approximate surface area is 62.9 Å². The highest BCUT2D eigenvalue weighted by Crippen LogP contribution is 2.15. The molecule has 2 nitrogen and oxygen atoms in total. The fourth-order valence-corrected chi connectivity index (χ4v) is 0.271. The number of hydrogen-bond donors (Lipinski definition) is 1. The normalized spacial score (nSPS) is 10.8. The Morgan fingerprint density at radius 3 is 2.10 bits per heavy atom. The average molecular weight is 180 g/mol. The minimum atomic E-state index is -4.50. The predicted molar refractivity (Wildman–Crippen MR) is 32.9 cm³/mol. The van der Waals surface area contributed by atoms with Gasteiger partial charge < -0.3 is 5.73 Å². The molecule has 0 aliphatic heterocycles. The first-order chi connectivity index (χ1) is 4.06. The van der Waals surface area contributed by atoms with Gasteiger partial charge >= 0.3 is 6.36 Å². The molecule has 0 saturated carbocycles. The first-order valence-corrected chi connectivity index (χ1v) is 2.47. The van der Waals surface area contributed by atoms with Gasteiger partial charge in [-0.15, -0.1) is 25.6 Å². The second-order valence-electron chi connectivity index (χ2n) is 1.44. The largest absolute Gasteiger partial charge is 0.522 e. The highest BCUT2D eigenvalue weighted by atomic mass is 35.5. The molecule has 0 amide bonds. The summed E-state index contributed by atoms with van der Waals surface area (Å²) in [5.74, 6) is 0. The molecule has 0 rings (SSSR count). The van der Waals surface area contributed by atoms with Gasteiger partial charge in [0.15, 0.2) is 0 Å². The quantitative estimate of drug-likeness (QED) is 0.663. The van der Waals surface area contributed by atoms with Crippen LogP contribution in [0.5, 0.6) is 0 Å². The summed E-state index contributed by atoms with van der Waals surface area (Å²) in [6, 6.07) is 0. The lowest BCUT2D eigenvalue weighted by Crippen LogP contribution is -2.16. The molecule has 10 heavy (non-hydrogen) atoms. The van der Waals surface area contributed by atoms with Gasteiger partial charge in [0.05, 0.1) is 6.61 Å². The van der Waals surface area contributed by atoms with Crippen molar-refractivity contribution in [2.75, 3.05) is 13.2 Å². The van der Waals surface area contributed by atoms with Crippen LogP contribution in [-0.4, -0.2) is 19.5 Å². The Hall–Kier alpha value is -0.0000000000000000555. The molecule has 0 spiro atoms. The second-order valence-corrected chi connectivity index (χ2v) is 1.44. The van der Waals surface area contributed by atoms with Crippen LogP contribution in [0.2, 0.25) is 0 Å². The summed E-state index contributed by atoms with van der Waals surface area (Å²) in [5.41, 5.74) is 4.91. The maximum Gasteiger partial charge on any atom is 0.522 e. The fourth-order valence-electron chi connectivity index (χ4n) is 0.271. The Kier molecular flexibility index (Phi) is 7.29. The fraction of sp³-hybridized carbons (Fsp3) is 1.00. The van der Waals surface area contributed by atoms with Crippen LogP contribution in [-0.2, 0) is 4.74 Å². The first kappa shape index (κ1) is 12.7. The molecule has 6 heteroatoms. The minimum Gasteiger partial charge on any atom is -0.330 e. The van der Waals surface area contributed by atoms with Crippen molar-refractivity contribution in [2.45, 2.75) is 12.8 Å². The summed E-state index contributed by atoms with van der Waals surface area (Å²) in [5, 5.41) is 0. The van der Waals surface area contributed by atoms with Gasteiger partial charge in [-0.2, -0.15) is 0 Å². The van der Waals surface area contributed by atoms with E-state index in [1.165, 1.54) is 0 Å². The average Bonchev–Trinajstić information content (AvgIpc) is 1.63. The molecule has 0 aliphatic carbocycles. The van der Waals surface area contributed by atoms with Gasteiger partial charge in [0.1, 0.15) is 0 Å². The molecular formula is C4H9ClF3NO. The van der Waals surface area contributed by atoms with Crippen molar-refractivity contribution >= 4 is 12.4 Å². The van der Waals surface area contributed by atoms with E-state index in [0.29, 0.717) is 0 Å². The zero-order valence-corrected chi connectivity index (χ0v) is 5.97. The highest BCUT2D eigenvalue weighted by Gasteiger charge is 2.28. The topological polar surface area (TPSA) is 35.2 Å². The third-order valence-corrected chi connectivity index (χ3v) is 0.614. The molecule has 0 saturated heterocycles. The van der Waals surface area contributed by atoms with E-state index in [9.17, 15) is 13.2 Å². The van der Waals surface area contributed by atoms with E-state index in [4.69, 9.17) is 5.73 Å². The van der Waals surface area contributed by atoms with Crippen molar-refractivity contribution in [3.05, 3.63) is 0 Å². The van der Waals surface area contributed by atoms with Crippen molar-refractivity contribution in [3.63, 3.8) is 0 Å². The van der Waals surface area contributed by atoms with E-state index in [-0.39, 0.29) is 32.0 Å². The van der Waals surface area contributed by atoms with Gasteiger partial charge in [0.25, 0.3) is 0 Å². The molecule has 2 N–H and O–H groups in total. The summed E-state index contributed by atoms with van der Waals surface area (Å²) in [6.45, 7) is -0.129. The monoisotopic (exact) mass is 179 g/mol. The molecule has 0 heterocycles. The third-order valence-electron chi connectivity index (χ3n) is 0.614. The van der Waals surface area contributed by atoms with Crippen LogP contribution in [0, 0.1) is 0 Å². The van der Waals surface area contributed by atoms with E-state index in [1.807, 2.05) is 0 Å². The molecule has 64 valence electrons. The molecule has 0 atom stereocenters. The standard InChI is InChI=1S/C4H8F3NO.ClH/c5-4(6,7)9-3-1-2-8;/h1-3,8H2;1H. The number of alkyl halides is 3. The van der Waals surface area contributed by atoms with E-state index in [0.717, 1.165) is 0 Å². The van der Waals surface area contributed by atoms with Crippen molar-refractivity contribution < 1.29 is 17.9 Å². The molecule has 0 aromatic rings. The van der Waals surface area contributed by atoms with E-state index < -0.39 is 6.36 Å². The van der Waals surface area contributed by atoms with E-state index in [1.54, 1.807) is 0 Å². The maximum absolute atomic E-state index is 11.1. The Bertz CT molecular complexity index is 77.4. The zero-order chi connectivity index (χ0) is 7.33. The SMILES string of the molecule is Cl.NCCCOC(F)(F)F. The van der Waals surface area contributed by atoms with Crippen LogP contribution < -0.4 is 5.73 Å². The molecule has 0 radical (unpaired) electrons. The van der Waals surface area contributed by atoms with Crippen molar-refractivity contribution in [1.82, 2.24) is 0 Å². The molecule has 0 aromatic heterocycles. The van der Waals surface area contributed by atoms with Crippen LogP contribution >= 0.6 is 12.4 Å². The Balaban J connectivity index is 0. The zero-order valence-electron chi connectivity index (χ0n) is 5.15. The van der Waals surface area contributed by atoms with Crippen LogP contribution in [0.1, 0.15) is 6.42 Å². The van der Waals surface area contributed by atoms with Crippen molar-refractivity contribution in [3.8, 4) is 0 Å². The van der Waals surface area contributed by atoms with Gasteiger partial charge in [0.2, 0.25) is 0 Å². The minimum absolute atomic E-state index is 0. The maximum atomic E-state index is 11.1. The lowest BCUT2D eigenvalue weighted by Gasteiger charge is -2.04. The lowest BCUT2D eigenvalue weighted by molar-refractivity contribution is -0.324. The van der Waals surface area contributed by atoms with Gasteiger partial charge in [-0.3, -0.25) is 4.74 Å². The summed E-state index contributed by atoms with van der Waals surface area (Å²) >= 11 is 0. The third kappa shape index (κ3) is 10.9. The van der Waals surface area contributed by atoms with Gasteiger partial charge in [-0.1, -0.05) is 0 Å². The summed E-state index contributed by atoms with van der Waals surface area (Å²) in [6.07, 6.45) is -4.27. The number of hydrogen-bond acceptors (Lipinski definition) is 2. The Morgan fingerprint density at radius 1 is 1.30 bits per heavy atom. The van der Waals surface area contributed by atoms with Crippen molar-refractivity contribution in [1.29, 1.82) is 0 Å². The van der Waals surface area contributed by atoms with Gasteiger partial charge in [-0.05, 0) is 13.0 Å². The number of ether oxygens (including phenoxy) is 1. The van der Waals surface area contributed by atoms with Crippen LogP contribution in [0.15, 0.2) is 0 Å². The summed E-state index contributed by atoms with van der Waals surface area (Å²) < 4.78 is 36.7. The lowest BCUT2D eigenvalue weighted by atomic mass is 10.5. The smallest absolute Gasteiger partial charge is 0.330 e. The molecule has 0 aromatic carbocycles. The van der Waals surface area contributed by atoms with Gasteiger partial charge in [0, 0.05) is 0 Å². The predicted octanol–water partition coefficient (Wildman–Crippen LogP) is 1.29. The van der Waals surface area contributed by atoms with Crippen LogP contribution in [0.3, 0.4) is 0 Å². The highest BCUT2D eigenvalue weighted by molar-refractivity contribution is 5.85. The number of halogens is 4. The van der Waals surface area contributed by atoms with Crippen LogP contribution in [0.25, 0.3) is 0 Å². The molecule has 0 aliphatic rings. The second kappa shape index (κ2) is 5.76. The Morgan fingerprint density at radius 2 is 1.80 bits per heavy atom. The molecule has 0 fully saturated rings. The van der Waals surface area contributed by atoms with Crippen molar-refractivity contribution in [2.24, 2.45) is 5.73 Å². The van der Waals surface area contributed by atoms with E-state index in [2.05, 4.69) is 4.74 Å². The number of nitrogens with two attached hydrogens (primary N) is 1. The molecule has 0 bridgehead atoms. The first-order valence-electron chi connectivity index (χ1n) is 2.47. The summed E-state index contributed by atoms with van der Waals surface area (Å²) in [4.78, 5) is 0. The summed E-state index contributed by atoms with van der Waals surface area (Å²) in [7, 11) is 0. The molecule has 0 unspecified atom stereocenters. The van der Waals surface area contributed by atoms with Crippen LogP contribution in [0.4, 0.5) is 13.2 Å². The van der Waals surface area contributed by atoms with E-state index >= 15 is 0 Å².